The van der Waals surface area contributed by atoms with Crippen molar-refractivity contribution in [2.75, 3.05) is 13.1 Å². The van der Waals surface area contributed by atoms with Gasteiger partial charge in [0.25, 0.3) is 5.91 Å². The quantitative estimate of drug-likeness (QED) is 0.745. The van der Waals surface area contributed by atoms with Crippen LogP contribution in [-0.4, -0.2) is 35.0 Å². The average molecular weight is 294 g/mol. The van der Waals surface area contributed by atoms with Gasteiger partial charge in [0.1, 0.15) is 6.10 Å². The van der Waals surface area contributed by atoms with Gasteiger partial charge in [-0.05, 0) is 24.3 Å². The average Bonchev–Trinajstić information content (AvgIpc) is 3.04. The molecule has 0 unspecified atom stereocenters. The summed E-state index contributed by atoms with van der Waals surface area (Å²) >= 11 is 0. The van der Waals surface area contributed by atoms with Crippen molar-refractivity contribution in [3.05, 3.63) is 60.6 Å². The fraction of sp³-hybridized carbons (Fsp3) is 0.176. The second-order valence-electron chi connectivity index (χ2n) is 5.27. The first-order chi connectivity index (χ1) is 10.8. The number of pyridine rings is 1. The summed E-state index contributed by atoms with van der Waals surface area (Å²) in [5.41, 5.74) is 0.905. The van der Waals surface area contributed by atoms with Gasteiger partial charge in [-0.3, -0.25) is 4.79 Å². The standard InChI is InChI=1S/C17H14N2O3/c20-17(15-6-3-9-21-15)19-10-13(11-19)22-16-8-7-12-4-1-2-5-14(12)18-16/h1-9,13H,10-11H2. The maximum absolute atomic E-state index is 12.0. The van der Waals surface area contributed by atoms with Crippen molar-refractivity contribution in [1.29, 1.82) is 0 Å². The SMILES string of the molecule is O=C(c1ccco1)N1CC(Oc2ccc3ccccc3n2)C1. The molecule has 0 N–H and O–H groups in total. The Balaban J connectivity index is 1.40. The van der Waals surface area contributed by atoms with E-state index in [9.17, 15) is 4.79 Å². The highest BCUT2D eigenvalue weighted by atomic mass is 16.5. The van der Waals surface area contributed by atoms with Crippen LogP contribution in [0.4, 0.5) is 0 Å². The molecule has 1 aliphatic heterocycles. The van der Waals surface area contributed by atoms with Crippen LogP contribution >= 0.6 is 0 Å². The first kappa shape index (κ1) is 12.9. The van der Waals surface area contributed by atoms with Gasteiger partial charge in [0.15, 0.2) is 5.76 Å². The molecule has 3 aromatic rings. The normalized spacial score (nSPS) is 14.8. The Morgan fingerprint density at radius 3 is 2.82 bits per heavy atom. The van der Waals surface area contributed by atoms with E-state index in [0.717, 1.165) is 10.9 Å². The van der Waals surface area contributed by atoms with Crippen LogP contribution in [0.3, 0.4) is 0 Å². The van der Waals surface area contributed by atoms with Crippen molar-refractivity contribution in [3.63, 3.8) is 0 Å². The van der Waals surface area contributed by atoms with E-state index in [4.69, 9.17) is 9.15 Å². The smallest absolute Gasteiger partial charge is 0.289 e. The molecule has 1 saturated heterocycles. The number of ether oxygens (including phenoxy) is 1. The molecule has 3 heterocycles. The third kappa shape index (κ3) is 2.30. The summed E-state index contributed by atoms with van der Waals surface area (Å²) in [4.78, 5) is 18.2. The molecular formula is C17H14N2O3. The topological polar surface area (TPSA) is 55.6 Å². The minimum absolute atomic E-state index is 0.0208. The molecule has 22 heavy (non-hydrogen) atoms. The van der Waals surface area contributed by atoms with E-state index in [0.29, 0.717) is 24.7 Å². The highest BCUT2D eigenvalue weighted by Gasteiger charge is 2.34. The van der Waals surface area contributed by atoms with Gasteiger partial charge in [0.05, 0.1) is 24.9 Å². The highest BCUT2D eigenvalue weighted by molar-refractivity contribution is 5.92. The number of para-hydroxylation sites is 1. The lowest BCUT2D eigenvalue weighted by Gasteiger charge is -2.38. The van der Waals surface area contributed by atoms with Gasteiger partial charge in [-0.25, -0.2) is 4.98 Å². The maximum Gasteiger partial charge on any atom is 0.289 e. The number of fused-ring (bicyclic) bond motifs is 1. The van der Waals surface area contributed by atoms with Crippen molar-refractivity contribution >= 4 is 16.8 Å². The van der Waals surface area contributed by atoms with E-state index < -0.39 is 0 Å². The molecular weight excluding hydrogens is 280 g/mol. The Bertz CT molecular complexity index is 808. The van der Waals surface area contributed by atoms with Crippen molar-refractivity contribution in [1.82, 2.24) is 9.88 Å². The van der Waals surface area contributed by atoms with Crippen LogP contribution in [0.5, 0.6) is 5.88 Å². The molecule has 4 rings (SSSR count). The number of aromatic nitrogens is 1. The predicted octanol–water partition coefficient (Wildman–Crippen LogP) is 2.73. The molecule has 5 heteroatoms. The molecule has 0 atom stereocenters. The van der Waals surface area contributed by atoms with Crippen molar-refractivity contribution < 1.29 is 13.9 Å². The summed E-state index contributed by atoms with van der Waals surface area (Å²) in [6.07, 6.45) is 1.48. The highest BCUT2D eigenvalue weighted by Crippen LogP contribution is 2.21. The largest absolute Gasteiger partial charge is 0.471 e. The first-order valence-electron chi connectivity index (χ1n) is 7.15. The third-order valence-electron chi connectivity index (χ3n) is 3.73. The third-order valence-corrected chi connectivity index (χ3v) is 3.73. The number of carbonyl (C=O) groups excluding carboxylic acids is 1. The molecule has 0 spiro atoms. The first-order valence-corrected chi connectivity index (χ1v) is 7.15. The molecule has 1 fully saturated rings. The number of furan rings is 1. The Hall–Kier alpha value is -2.82. The molecule has 1 amide bonds. The number of amides is 1. The van der Waals surface area contributed by atoms with Gasteiger partial charge in [-0.1, -0.05) is 18.2 Å². The predicted molar refractivity (Wildman–Crippen MR) is 80.8 cm³/mol. The minimum Gasteiger partial charge on any atom is -0.471 e. The van der Waals surface area contributed by atoms with Crippen LogP contribution < -0.4 is 4.74 Å². The molecule has 0 saturated carbocycles. The van der Waals surface area contributed by atoms with Gasteiger partial charge in [-0.2, -0.15) is 0 Å². The summed E-state index contributed by atoms with van der Waals surface area (Å²) in [6, 6.07) is 15.1. The van der Waals surface area contributed by atoms with Gasteiger partial charge < -0.3 is 14.1 Å². The molecule has 0 bridgehead atoms. The molecule has 110 valence electrons. The van der Waals surface area contributed by atoms with Crippen molar-refractivity contribution in [3.8, 4) is 5.88 Å². The Kier molecular flexibility index (Phi) is 3.04. The second-order valence-corrected chi connectivity index (χ2v) is 5.27. The summed E-state index contributed by atoms with van der Waals surface area (Å²) in [5.74, 6) is 0.854. The van der Waals surface area contributed by atoms with E-state index >= 15 is 0 Å². The van der Waals surface area contributed by atoms with Crippen molar-refractivity contribution in [2.24, 2.45) is 0 Å². The lowest BCUT2D eigenvalue weighted by atomic mass is 10.1. The zero-order chi connectivity index (χ0) is 14.9. The molecule has 1 aromatic carbocycles. The Morgan fingerprint density at radius 1 is 1.14 bits per heavy atom. The number of benzene rings is 1. The number of likely N-dealkylation sites (tertiary alicyclic amines) is 1. The molecule has 1 aliphatic rings. The number of rotatable bonds is 3. The zero-order valence-electron chi connectivity index (χ0n) is 11.8. The van der Waals surface area contributed by atoms with E-state index in [1.807, 2.05) is 36.4 Å². The van der Waals surface area contributed by atoms with Crippen LogP contribution in [0.1, 0.15) is 10.6 Å². The zero-order valence-corrected chi connectivity index (χ0v) is 11.8. The van der Waals surface area contributed by atoms with Gasteiger partial charge in [0, 0.05) is 11.5 Å². The second kappa shape index (κ2) is 5.18. The summed E-state index contributed by atoms with van der Waals surface area (Å²) < 4.78 is 10.9. The van der Waals surface area contributed by atoms with E-state index in [1.54, 1.807) is 17.0 Å². The Morgan fingerprint density at radius 2 is 2.00 bits per heavy atom. The molecule has 5 nitrogen and oxygen atoms in total. The molecule has 0 radical (unpaired) electrons. The number of hydrogen-bond acceptors (Lipinski definition) is 4. The fourth-order valence-corrected chi connectivity index (χ4v) is 2.52. The van der Waals surface area contributed by atoms with Gasteiger partial charge >= 0.3 is 0 Å². The number of nitrogens with zero attached hydrogens (tertiary/aromatic N) is 2. The summed E-state index contributed by atoms with van der Waals surface area (Å²) in [5, 5.41) is 1.08. The van der Waals surface area contributed by atoms with Crippen LogP contribution in [0, 0.1) is 0 Å². The fourth-order valence-electron chi connectivity index (χ4n) is 2.52. The Labute approximate surface area is 127 Å². The van der Waals surface area contributed by atoms with Crippen molar-refractivity contribution in [2.45, 2.75) is 6.10 Å². The number of carbonyl (C=O) groups is 1. The molecule has 0 aliphatic carbocycles. The monoisotopic (exact) mass is 294 g/mol. The maximum atomic E-state index is 12.0. The van der Waals surface area contributed by atoms with E-state index in [2.05, 4.69) is 4.98 Å². The van der Waals surface area contributed by atoms with Crippen LogP contribution in [0.25, 0.3) is 10.9 Å². The molecule has 2 aromatic heterocycles. The van der Waals surface area contributed by atoms with E-state index in [-0.39, 0.29) is 12.0 Å². The van der Waals surface area contributed by atoms with Crippen LogP contribution in [0.15, 0.2) is 59.2 Å². The van der Waals surface area contributed by atoms with Crippen LogP contribution in [0.2, 0.25) is 0 Å². The number of hydrogen-bond donors (Lipinski definition) is 0. The van der Waals surface area contributed by atoms with E-state index in [1.165, 1.54) is 6.26 Å². The van der Waals surface area contributed by atoms with Gasteiger partial charge in [-0.15, -0.1) is 0 Å². The lowest BCUT2D eigenvalue weighted by molar-refractivity contribution is 0.0139. The summed E-state index contributed by atoms with van der Waals surface area (Å²) in [7, 11) is 0. The minimum atomic E-state index is -0.101. The van der Waals surface area contributed by atoms with Crippen LogP contribution in [-0.2, 0) is 0 Å². The lowest BCUT2D eigenvalue weighted by Crippen LogP contribution is -2.56. The summed E-state index contributed by atoms with van der Waals surface area (Å²) in [6.45, 7) is 1.10. The van der Waals surface area contributed by atoms with Gasteiger partial charge in [0.2, 0.25) is 5.88 Å².